The van der Waals surface area contributed by atoms with E-state index in [1.54, 1.807) is 24.1 Å². The molecule has 0 aliphatic heterocycles. The van der Waals surface area contributed by atoms with Gasteiger partial charge in [-0.15, -0.1) is 0 Å². The average Bonchev–Trinajstić information content (AvgIpc) is 2.72. The molecule has 1 atom stereocenters. The normalized spacial score (nSPS) is 12.1. The number of benzene rings is 1. The largest absolute Gasteiger partial charge is 0.479 e. The second kappa shape index (κ2) is 5.22. The van der Waals surface area contributed by atoms with Crippen LogP contribution in [0.1, 0.15) is 11.6 Å². The van der Waals surface area contributed by atoms with E-state index in [2.05, 4.69) is 26.3 Å². The minimum absolute atomic E-state index is 0.616. The van der Waals surface area contributed by atoms with Gasteiger partial charge in [-0.3, -0.25) is 4.68 Å². The first-order valence-corrected chi connectivity index (χ1v) is 6.09. The fourth-order valence-electron chi connectivity index (χ4n) is 1.62. The third-order valence-corrected chi connectivity index (χ3v) is 2.93. The zero-order valence-electron chi connectivity index (χ0n) is 9.67. The maximum absolute atomic E-state index is 11.3. The van der Waals surface area contributed by atoms with Crippen LogP contribution >= 0.6 is 15.9 Å². The molecule has 2 aromatic rings. The van der Waals surface area contributed by atoms with Crippen LogP contribution in [-0.4, -0.2) is 20.9 Å². The Balaban J connectivity index is 2.24. The van der Waals surface area contributed by atoms with Gasteiger partial charge < -0.3 is 10.4 Å². The highest BCUT2D eigenvalue weighted by molar-refractivity contribution is 9.10. The van der Waals surface area contributed by atoms with Crippen LogP contribution in [0, 0.1) is 0 Å². The van der Waals surface area contributed by atoms with E-state index in [4.69, 9.17) is 0 Å². The molecule has 0 saturated carbocycles. The van der Waals surface area contributed by atoms with Crippen molar-refractivity contribution in [2.45, 2.75) is 6.04 Å². The van der Waals surface area contributed by atoms with Crippen molar-refractivity contribution in [1.29, 1.82) is 0 Å². The standard InChI is InChI=1S/C12H12BrN3O2/c1-16-7-8(6-14-16)11(12(17)18)15-10-4-2-3-9(13)5-10/h2-7,11,15H,1H3,(H,17,18). The van der Waals surface area contributed by atoms with Crippen LogP contribution in [0.5, 0.6) is 0 Å². The van der Waals surface area contributed by atoms with Crippen LogP contribution in [0.2, 0.25) is 0 Å². The van der Waals surface area contributed by atoms with Crippen molar-refractivity contribution in [2.24, 2.45) is 7.05 Å². The van der Waals surface area contributed by atoms with Gasteiger partial charge in [0.15, 0.2) is 6.04 Å². The van der Waals surface area contributed by atoms with E-state index in [0.29, 0.717) is 5.56 Å². The number of carboxylic acids is 1. The highest BCUT2D eigenvalue weighted by Gasteiger charge is 2.21. The van der Waals surface area contributed by atoms with Gasteiger partial charge in [0, 0.05) is 29.0 Å². The second-order valence-electron chi connectivity index (χ2n) is 3.87. The molecule has 0 aliphatic rings. The summed E-state index contributed by atoms with van der Waals surface area (Å²) in [4.78, 5) is 11.3. The van der Waals surface area contributed by atoms with Gasteiger partial charge >= 0.3 is 5.97 Å². The number of aryl methyl sites for hydroxylation is 1. The van der Waals surface area contributed by atoms with E-state index in [-0.39, 0.29) is 0 Å². The van der Waals surface area contributed by atoms with E-state index >= 15 is 0 Å². The zero-order valence-corrected chi connectivity index (χ0v) is 11.3. The molecule has 0 bridgehead atoms. The number of anilines is 1. The predicted octanol–water partition coefficient (Wildman–Crippen LogP) is 2.42. The van der Waals surface area contributed by atoms with Crippen LogP contribution in [-0.2, 0) is 11.8 Å². The van der Waals surface area contributed by atoms with Gasteiger partial charge in [0.25, 0.3) is 0 Å². The molecule has 1 heterocycles. The van der Waals surface area contributed by atoms with Crippen LogP contribution in [0.3, 0.4) is 0 Å². The Morgan fingerprint density at radius 1 is 1.56 bits per heavy atom. The molecule has 1 unspecified atom stereocenters. The summed E-state index contributed by atoms with van der Waals surface area (Å²) in [6.07, 6.45) is 3.23. The third kappa shape index (κ3) is 2.89. The fourth-order valence-corrected chi connectivity index (χ4v) is 2.02. The molecule has 0 aliphatic carbocycles. The average molecular weight is 310 g/mol. The molecule has 5 nitrogen and oxygen atoms in total. The Morgan fingerprint density at radius 2 is 2.33 bits per heavy atom. The van der Waals surface area contributed by atoms with Gasteiger partial charge in [-0.05, 0) is 18.2 Å². The summed E-state index contributed by atoms with van der Waals surface area (Å²) >= 11 is 3.35. The first-order chi connectivity index (χ1) is 8.56. The van der Waals surface area contributed by atoms with Crippen molar-refractivity contribution < 1.29 is 9.90 Å². The van der Waals surface area contributed by atoms with Crippen molar-refractivity contribution in [3.05, 3.63) is 46.7 Å². The third-order valence-electron chi connectivity index (χ3n) is 2.44. The molecule has 1 aromatic heterocycles. The lowest BCUT2D eigenvalue weighted by atomic mass is 10.1. The Bertz CT molecular complexity index is 568. The molecule has 0 fully saturated rings. The van der Waals surface area contributed by atoms with Gasteiger partial charge in [0.05, 0.1) is 6.20 Å². The van der Waals surface area contributed by atoms with Gasteiger partial charge in [-0.1, -0.05) is 22.0 Å². The lowest BCUT2D eigenvalue weighted by Gasteiger charge is -2.14. The number of nitrogens with zero attached hydrogens (tertiary/aromatic N) is 2. The number of hydrogen-bond acceptors (Lipinski definition) is 3. The number of carboxylic acid groups (broad SMARTS) is 1. The maximum Gasteiger partial charge on any atom is 0.330 e. The smallest absolute Gasteiger partial charge is 0.330 e. The molecule has 0 saturated heterocycles. The first kappa shape index (κ1) is 12.6. The quantitative estimate of drug-likeness (QED) is 0.910. The number of nitrogens with one attached hydrogen (secondary N) is 1. The fraction of sp³-hybridized carbons (Fsp3) is 0.167. The second-order valence-corrected chi connectivity index (χ2v) is 4.79. The van der Waals surface area contributed by atoms with Gasteiger partial charge in [0.2, 0.25) is 0 Å². The number of hydrogen-bond donors (Lipinski definition) is 2. The summed E-state index contributed by atoms with van der Waals surface area (Å²) in [5.74, 6) is -0.942. The predicted molar refractivity (Wildman–Crippen MR) is 71.3 cm³/mol. The van der Waals surface area contributed by atoms with E-state index in [1.165, 1.54) is 0 Å². The summed E-state index contributed by atoms with van der Waals surface area (Å²) in [6.45, 7) is 0. The highest BCUT2D eigenvalue weighted by atomic mass is 79.9. The molecular formula is C12H12BrN3O2. The van der Waals surface area contributed by atoms with E-state index < -0.39 is 12.0 Å². The molecule has 2 N–H and O–H groups in total. The monoisotopic (exact) mass is 309 g/mol. The first-order valence-electron chi connectivity index (χ1n) is 5.30. The van der Waals surface area contributed by atoms with Gasteiger partial charge in [0.1, 0.15) is 0 Å². The molecule has 0 radical (unpaired) electrons. The molecule has 2 rings (SSSR count). The number of halogens is 1. The molecule has 18 heavy (non-hydrogen) atoms. The molecule has 6 heteroatoms. The summed E-state index contributed by atoms with van der Waals surface area (Å²) < 4.78 is 2.47. The minimum Gasteiger partial charge on any atom is -0.479 e. The molecule has 1 aromatic carbocycles. The van der Waals surface area contributed by atoms with Crippen LogP contribution in [0.25, 0.3) is 0 Å². The van der Waals surface area contributed by atoms with Crippen molar-refractivity contribution in [3.63, 3.8) is 0 Å². The van der Waals surface area contributed by atoms with Crippen LogP contribution in [0.4, 0.5) is 5.69 Å². The molecule has 94 valence electrons. The number of carbonyl (C=O) groups is 1. The Kier molecular flexibility index (Phi) is 3.66. The summed E-state index contributed by atoms with van der Waals surface area (Å²) in [7, 11) is 1.75. The van der Waals surface area contributed by atoms with Gasteiger partial charge in [-0.25, -0.2) is 4.79 Å². The summed E-state index contributed by atoms with van der Waals surface area (Å²) in [5, 5.41) is 16.2. The molecule has 0 amide bonds. The summed E-state index contributed by atoms with van der Waals surface area (Å²) in [5.41, 5.74) is 1.35. The van der Waals surface area contributed by atoms with Crippen LogP contribution in [0.15, 0.2) is 41.1 Å². The van der Waals surface area contributed by atoms with E-state index in [0.717, 1.165) is 10.2 Å². The minimum atomic E-state index is -0.942. The van der Waals surface area contributed by atoms with E-state index in [9.17, 15) is 9.90 Å². The van der Waals surface area contributed by atoms with Crippen molar-refractivity contribution in [3.8, 4) is 0 Å². The van der Waals surface area contributed by atoms with Gasteiger partial charge in [-0.2, -0.15) is 5.10 Å². The number of rotatable bonds is 4. The summed E-state index contributed by atoms with van der Waals surface area (Å²) in [6, 6.07) is 6.55. The Hall–Kier alpha value is -1.82. The van der Waals surface area contributed by atoms with E-state index in [1.807, 2.05) is 24.3 Å². The lowest BCUT2D eigenvalue weighted by molar-refractivity contribution is -0.138. The van der Waals surface area contributed by atoms with Crippen molar-refractivity contribution in [2.75, 3.05) is 5.32 Å². The highest BCUT2D eigenvalue weighted by Crippen LogP contribution is 2.22. The number of aromatic nitrogens is 2. The zero-order chi connectivity index (χ0) is 13.1. The lowest BCUT2D eigenvalue weighted by Crippen LogP contribution is -2.20. The van der Waals surface area contributed by atoms with Crippen LogP contribution < -0.4 is 5.32 Å². The molecular weight excluding hydrogens is 298 g/mol. The van der Waals surface area contributed by atoms with Crippen molar-refractivity contribution in [1.82, 2.24) is 9.78 Å². The Labute approximate surface area is 113 Å². The molecule has 0 spiro atoms. The SMILES string of the molecule is Cn1cc(C(Nc2cccc(Br)c2)C(=O)O)cn1. The number of aliphatic carboxylic acids is 1. The topological polar surface area (TPSA) is 67.2 Å². The maximum atomic E-state index is 11.3. The Morgan fingerprint density at radius 3 is 2.89 bits per heavy atom. The van der Waals surface area contributed by atoms with Crippen molar-refractivity contribution >= 4 is 27.6 Å².